The average Bonchev–Trinajstić information content (AvgIpc) is 2.76. The van der Waals surface area contributed by atoms with Crippen molar-refractivity contribution in [3.63, 3.8) is 0 Å². The Balaban J connectivity index is 2.01. The highest BCUT2D eigenvalue weighted by Gasteiger charge is 2.36. The molecule has 4 amide bonds. The van der Waals surface area contributed by atoms with Gasteiger partial charge in [-0.05, 0) is 25.0 Å². The van der Waals surface area contributed by atoms with Crippen LogP contribution in [0.1, 0.15) is 33.6 Å². The second-order valence-corrected chi connectivity index (χ2v) is 5.29. The summed E-state index contributed by atoms with van der Waals surface area (Å²) in [5.41, 5.74) is 0.591. The van der Waals surface area contributed by atoms with Crippen LogP contribution in [0.25, 0.3) is 0 Å². The van der Waals surface area contributed by atoms with Crippen molar-refractivity contribution in [2.75, 3.05) is 13.1 Å². The van der Waals surface area contributed by atoms with E-state index in [0.717, 1.165) is 4.90 Å². The van der Waals surface area contributed by atoms with Crippen molar-refractivity contribution in [1.82, 2.24) is 15.5 Å². The number of carbonyl (C=O) groups is 4. The molecule has 1 atom stereocenters. The highest BCUT2D eigenvalue weighted by Crippen LogP contribution is 2.22. The molecule has 9 nitrogen and oxygen atoms in total. The zero-order valence-corrected chi connectivity index (χ0v) is 12.7. The third kappa shape index (κ3) is 4.00. The molecule has 0 aliphatic carbocycles. The number of hydrogen-bond donors (Lipinski definition) is 4. The maximum atomic E-state index is 12.3. The van der Waals surface area contributed by atoms with Gasteiger partial charge in [-0.3, -0.25) is 14.5 Å². The molecule has 0 bridgehead atoms. The molecule has 128 valence electrons. The van der Waals surface area contributed by atoms with E-state index in [-0.39, 0.29) is 19.5 Å². The lowest BCUT2D eigenvalue weighted by Gasteiger charge is -2.22. The van der Waals surface area contributed by atoms with E-state index in [2.05, 4.69) is 10.6 Å². The first-order chi connectivity index (χ1) is 11.4. The number of imide groups is 1. The summed E-state index contributed by atoms with van der Waals surface area (Å²) in [6, 6.07) is 5.72. The van der Waals surface area contributed by atoms with Crippen molar-refractivity contribution < 1.29 is 29.4 Å². The van der Waals surface area contributed by atoms with Gasteiger partial charge in [0.25, 0.3) is 11.8 Å². The first-order valence-electron chi connectivity index (χ1n) is 7.31. The monoisotopic (exact) mass is 335 g/mol. The van der Waals surface area contributed by atoms with Crippen molar-refractivity contribution in [3.05, 3.63) is 35.4 Å². The van der Waals surface area contributed by atoms with E-state index in [1.165, 1.54) is 0 Å². The van der Waals surface area contributed by atoms with Crippen LogP contribution < -0.4 is 10.6 Å². The molecule has 0 unspecified atom stereocenters. The molecule has 1 aromatic carbocycles. The molecule has 9 heteroatoms. The van der Waals surface area contributed by atoms with Gasteiger partial charge in [0.05, 0.1) is 17.2 Å². The van der Waals surface area contributed by atoms with E-state index in [1.54, 1.807) is 24.3 Å². The average molecular weight is 335 g/mol. The third-order valence-corrected chi connectivity index (χ3v) is 3.61. The molecular weight excluding hydrogens is 318 g/mol. The van der Waals surface area contributed by atoms with Gasteiger partial charge >= 0.3 is 12.2 Å². The van der Waals surface area contributed by atoms with E-state index in [4.69, 9.17) is 10.2 Å². The molecule has 0 fully saturated rings. The highest BCUT2D eigenvalue weighted by molar-refractivity contribution is 6.21. The largest absolute Gasteiger partial charge is 0.465 e. The van der Waals surface area contributed by atoms with Gasteiger partial charge in [-0.15, -0.1) is 0 Å². The van der Waals surface area contributed by atoms with E-state index in [9.17, 15) is 19.2 Å². The Labute approximate surface area is 137 Å². The first-order valence-corrected chi connectivity index (χ1v) is 7.31. The molecule has 1 heterocycles. The Morgan fingerprint density at radius 3 is 2.12 bits per heavy atom. The summed E-state index contributed by atoms with van der Waals surface area (Å²) in [7, 11) is 0. The molecule has 0 aromatic heterocycles. The zero-order valence-electron chi connectivity index (χ0n) is 12.7. The number of rotatable bonds is 7. The lowest BCUT2D eigenvalue weighted by molar-refractivity contribution is 0.0634. The Bertz CT molecular complexity index is 640. The van der Waals surface area contributed by atoms with Crippen LogP contribution >= 0.6 is 0 Å². The summed E-state index contributed by atoms with van der Waals surface area (Å²) in [5, 5.41) is 21.8. The van der Waals surface area contributed by atoms with Gasteiger partial charge in [-0.25, -0.2) is 9.59 Å². The van der Waals surface area contributed by atoms with Gasteiger partial charge in [-0.2, -0.15) is 0 Å². The van der Waals surface area contributed by atoms with Gasteiger partial charge in [0.15, 0.2) is 0 Å². The third-order valence-electron chi connectivity index (χ3n) is 3.61. The van der Waals surface area contributed by atoms with E-state index in [1.807, 2.05) is 0 Å². The minimum Gasteiger partial charge on any atom is -0.465 e. The van der Waals surface area contributed by atoms with E-state index >= 15 is 0 Å². The van der Waals surface area contributed by atoms with Gasteiger partial charge in [0.2, 0.25) is 0 Å². The summed E-state index contributed by atoms with van der Waals surface area (Å²) < 4.78 is 0. The Kier molecular flexibility index (Phi) is 5.35. The van der Waals surface area contributed by atoms with Crippen LogP contribution in [0.2, 0.25) is 0 Å². The van der Waals surface area contributed by atoms with Crippen LogP contribution in [0.4, 0.5) is 9.59 Å². The molecule has 1 aliphatic heterocycles. The highest BCUT2D eigenvalue weighted by atomic mass is 16.4. The summed E-state index contributed by atoms with van der Waals surface area (Å²) >= 11 is 0. The molecule has 0 saturated heterocycles. The van der Waals surface area contributed by atoms with Crippen LogP contribution in [-0.4, -0.2) is 58.2 Å². The maximum absolute atomic E-state index is 12.3. The zero-order chi connectivity index (χ0) is 17.7. The standard InChI is InChI=1S/C15H17N3O6/c19-12-10-5-1-2-6-11(10)13(20)18(12)8-9(17-15(23)24)4-3-7-16-14(21)22/h1-2,5-6,9,16-17H,3-4,7-8H2,(H,21,22)(H,23,24)/t9-/m0/s1. The number of nitrogens with one attached hydrogen (secondary N) is 2. The minimum absolute atomic E-state index is 0.105. The van der Waals surface area contributed by atoms with E-state index in [0.29, 0.717) is 17.5 Å². The normalized spacial score (nSPS) is 14.2. The van der Waals surface area contributed by atoms with Crippen LogP contribution in [0.3, 0.4) is 0 Å². The van der Waals surface area contributed by atoms with Crippen LogP contribution in [0.5, 0.6) is 0 Å². The molecule has 4 N–H and O–H groups in total. The van der Waals surface area contributed by atoms with Crippen LogP contribution in [0.15, 0.2) is 24.3 Å². The lowest BCUT2D eigenvalue weighted by Crippen LogP contribution is -2.45. The van der Waals surface area contributed by atoms with Crippen molar-refractivity contribution in [3.8, 4) is 0 Å². The number of nitrogens with zero attached hydrogens (tertiary/aromatic N) is 1. The molecule has 2 rings (SSSR count). The fraction of sp³-hybridized carbons (Fsp3) is 0.333. The number of hydrogen-bond acceptors (Lipinski definition) is 4. The Morgan fingerprint density at radius 2 is 1.62 bits per heavy atom. The summed E-state index contributed by atoms with van der Waals surface area (Å²) in [6.07, 6.45) is -1.80. The molecule has 0 saturated carbocycles. The molecule has 0 radical (unpaired) electrons. The fourth-order valence-electron chi connectivity index (χ4n) is 2.55. The van der Waals surface area contributed by atoms with Gasteiger partial charge in [0, 0.05) is 13.1 Å². The summed E-state index contributed by atoms with van der Waals surface area (Å²) in [6.45, 7) is 0.0426. The fourth-order valence-corrected chi connectivity index (χ4v) is 2.55. The number of benzene rings is 1. The second kappa shape index (κ2) is 7.44. The molecule has 1 aromatic rings. The second-order valence-electron chi connectivity index (χ2n) is 5.29. The first kappa shape index (κ1) is 17.3. The predicted octanol–water partition coefficient (Wildman–Crippen LogP) is 0.967. The van der Waals surface area contributed by atoms with Crippen molar-refractivity contribution in [2.24, 2.45) is 0 Å². The van der Waals surface area contributed by atoms with Crippen molar-refractivity contribution in [2.45, 2.75) is 18.9 Å². The SMILES string of the molecule is O=C(O)NCCC[C@@H](CN1C(=O)c2ccccc2C1=O)NC(=O)O. The summed E-state index contributed by atoms with van der Waals surface area (Å²) in [4.78, 5) is 46.9. The maximum Gasteiger partial charge on any atom is 0.404 e. The lowest BCUT2D eigenvalue weighted by atomic mass is 10.1. The van der Waals surface area contributed by atoms with Crippen LogP contribution in [-0.2, 0) is 0 Å². The van der Waals surface area contributed by atoms with Crippen molar-refractivity contribution in [1.29, 1.82) is 0 Å². The topological polar surface area (TPSA) is 136 Å². The molecule has 0 spiro atoms. The van der Waals surface area contributed by atoms with E-state index < -0.39 is 30.0 Å². The molecule has 1 aliphatic rings. The quantitative estimate of drug-likeness (QED) is 0.433. The molecule has 24 heavy (non-hydrogen) atoms. The number of carboxylic acid groups (broad SMARTS) is 2. The Morgan fingerprint density at radius 1 is 1.04 bits per heavy atom. The smallest absolute Gasteiger partial charge is 0.404 e. The van der Waals surface area contributed by atoms with Crippen LogP contribution in [0, 0.1) is 0 Å². The van der Waals surface area contributed by atoms with Gasteiger partial charge < -0.3 is 20.8 Å². The number of amides is 4. The Hall–Kier alpha value is -3.10. The summed E-state index contributed by atoms with van der Waals surface area (Å²) in [5.74, 6) is -0.923. The van der Waals surface area contributed by atoms with Crippen molar-refractivity contribution >= 4 is 24.0 Å². The number of carbonyl (C=O) groups excluding carboxylic acids is 2. The van der Waals surface area contributed by atoms with Gasteiger partial charge in [0.1, 0.15) is 0 Å². The predicted molar refractivity (Wildman–Crippen MR) is 82.0 cm³/mol. The minimum atomic E-state index is -1.28. The number of fused-ring (bicyclic) bond motifs is 1. The van der Waals surface area contributed by atoms with Gasteiger partial charge in [-0.1, -0.05) is 12.1 Å². The molecular formula is C15H17N3O6.